The van der Waals surface area contributed by atoms with Gasteiger partial charge in [-0.15, -0.1) is 6.58 Å². The Labute approximate surface area is 368 Å². The Kier molecular flexibility index (Phi) is 12.3. The molecule has 11 heteroatoms. The Hall–Kier alpha value is -3.90. The van der Waals surface area contributed by atoms with E-state index in [0.29, 0.717) is 51.7 Å². The highest BCUT2D eigenvalue weighted by molar-refractivity contribution is 5.75. The van der Waals surface area contributed by atoms with Crippen LogP contribution in [0.3, 0.4) is 0 Å². The number of pyridine rings is 1. The molecule has 0 bridgehead atoms. The molecule has 0 radical (unpaired) electrons. The topological polar surface area (TPSA) is 122 Å². The number of aliphatic hydroxyl groups is 2. The van der Waals surface area contributed by atoms with Crippen LogP contribution in [0.2, 0.25) is 0 Å². The minimum absolute atomic E-state index is 0.0625. The van der Waals surface area contributed by atoms with Gasteiger partial charge in [0.1, 0.15) is 16.8 Å². The van der Waals surface area contributed by atoms with Crippen molar-refractivity contribution in [1.82, 2.24) is 29.2 Å². The molecule has 0 amide bonds. The SMILES string of the molecule is C=CCn1c(=O)c2cnc(Cc3ccc(N4CCN(CCCCCO[C@H]5CC[C@H]6[C@@H]7CC[C@H]8CC(O)CC[C@]8(C)[C@H]7CC[C@]56C)CC4)cc3)nc2n1-c1cccc(C(C)(C)O)n1. The maximum atomic E-state index is 13.4. The number of piperazine rings is 1. The molecule has 5 fully saturated rings. The van der Waals surface area contributed by atoms with Gasteiger partial charge in [0, 0.05) is 51.1 Å². The molecule has 0 spiro atoms. The maximum absolute atomic E-state index is 13.4. The fourth-order valence-corrected chi connectivity index (χ4v) is 13.1. The van der Waals surface area contributed by atoms with Gasteiger partial charge in [-0.25, -0.2) is 24.3 Å². The second kappa shape index (κ2) is 17.6. The third-order valence-electron chi connectivity index (χ3n) is 16.6. The number of allylic oxidation sites excluding steroid dienone is 1. The van der Waals surface area contributed by atoms with Crippen LogP contribution in [0.4, 0.5) is 5.69 Å². The van der Waals surface area contributed by atoms with Gasteiger partial charge < -0.3 is 19.8 Å². The molecule has 334 valence electrons. The molecule has 1 unspecified atom stereocenters. The zero-order valence-electron chi connectivity index (χ0n) is 37.9. The van der Waals surface area contributed by atoms with Gasteiger partial charge in [-0.3, -0.25) is 9.69 Å². The lowest BCUT2D eigenvalue weighted by atomic mass is 9.45. The zero-order valence-corrected chi connectivity index (χ0v) is 37.9. The molecule has 11 nitrogen and oxygen atoms in total. The Morgan fingerprint density at radius 3 is 2.45 bits per heavy atom. The molecule has 1 aliphatic heterocycles. The van der Waals surface area contributed by atoms with Crippen molar-refractivity contribution >= 4 is 16.7 Å². The van der Waals surface area contributed by atoms with Gasteiger partial charge in [-0.2, -0.15) is 0 Å². The molecular weight excluding hydrogens is 775 g/mol. The van der Waals surface area contributed by atoms with Crippen LogP contribution in [0.25, 0.3) is 16.9 Å². The number of fused-ring (bicyclic) bond motifs is 6. The lowest BCUT2D eigenvalue weighted by Gasteiger charge is -2.60. The van der Waals surface area contributed by atoms with E-state index in [1.807, 2.05) is 12.1 Å². The number of aromatic nitrogens is 5. The second-order valence-electron chi connectivity index (χ2n) is 20.8. The molecule has 8 atom stereocenters. The van der Waals surface area contributed by atoms with Crippen molar-refractivity contribution in [1.29, 1.82) is 0 Å². The highest BCUT2D eigenvalue weighted by Gasteiger charge is 2.60. The highest BCUT2D eigenvalue weighted by atomic mass is 16.5. The molecule has 4 aromatic rings. The van der Waals surface area contributed by atoms with Crippen LogP contribution in [0.1, 0.15) is 122 Å². The summed E-state index contributed by atoms with van der Waals surface area (Å²) >= 11 is 0. The third kappa shape index (κ3) is 8.32. The Morgan fingerprint density at radius 2 is 1.68 bits per heavy atom. The van der Waals surface area contributed by atoms with Crippen LogP contribution < -0.4 is 10.5 Å². The Balaban J connectivity index is 0.724. The monoisotopic (exact) mass is 846 g/mol. The summed E-state index contributed by atoms with van der Waals surface area (Å²) in [6.45, 7) is 19.0. The predicted molar refractivity (Wildman–Crippen MR) is 246 cm³/mol. The number of aliphatic hydroxyl groups excluding tert-OH is 1. The molecule has 4 saturated carbocycles. The van der Waals surface area contributed by atoms with E-state index >= 15 is 0 Å². The molecule has 4 aliphatic carbocycles. The quantitative estimate of drug-likeness (QED) is 0.0960. The van der Waals surface area contributed by atoms with Crippen molar-refractivity contribution in [3.8, 4) is 5.82 Å². The van der Waals surface area contributed by atoms with E-state index < -0.39 is 5.60 Å². The molecule has 3 aromatic heterocycles. The average Bonchev–Trinajstić information content (AvgIpc) is 3.74. The van der Waals surface area contributed by atoms with E-state index in [4.69, 9.17) is 14.7 Å². The molecule has 4 heterocycles. The van der Waals surface area contributed by atoms with Crippen molar-refractivity contribution in [3.05, 3.63) is 88.8 Å². The number of hydrogen-bond acceptors (Lipinski definition) is 9. The van der Waals surface area contributed by atoms with Gasteiger partial charge in [0.15, 0.2) is 11.5 Å². The van der Waals surface area contributed by atoms with Gasteiger partial charge in [0.25, 0.3) is 5.56 Å². The summed E-state index contributed by atoms with van der Waals surface area (Å²) in [5.74, 6) is 4.38. The van der Waals surface area contributed by atoms with Crippen molar-refractivity contribution in [2.75, 3.05) is 44.2 Å². The van der Waals surface area contributed by atoms with Gasteiger partial charge in [-0.1, -0.05) is 38.1 Å². The van der Waals surface area contributed by atoms with Gasteiger partial charge in [-0.05, 0) is 162 Å². The smallest absolute Gasteiger partial charge is 0.278 e. The van der Waals surface area contributed by atoms with Crippen LogP contribution in [-0.4, -0.2) is 91.0 Å². The van der Waals surface area contributed by atoms with E-state index in [1.165, 1.54) is 63.5 Å². The van der Waals surface area contributed by atoms with E-state index in [9.17, 15) is 15.0 Å². The van der Waals surface area contributed by atoms with E-state index in [-0.39, 0.29) is 18.2 Å². The summed E-state index contributed by atoms with van der Waals surface area (Å²) in [7, 11) is 0. The Bertz CT molecular complexity index is 2260. The molecule has 5 aliphatic rings. The van der Waals surface area contributed by atoms with Crippen LogP contribution in [0, 0.1) is 34.5 Å². The molecule has 1 saturated heterocycles. The second-order valence-corrected chi connectivity index (χ2v) is 20.8. The van der Waals surface area contributed by atoms with Gasteiger partial charge in [0.05, 0.1) is 24.4 Å². The standard InChI is InChI=1S/C51H71N7O4/c1-6-25-57-48(60)40-34-52-45(54-47(40)58(57)46-12-10-11-43(53-46)49(2,3)61)32-35-13-16-37(17-14-35)56-29-27-55(28-30-56)26-8-7-9-31-62-44-20-19-41-39-18-15-36-33-38(59)21-23-50(36,4)42(39)22-24-51(41,44)5/h6,10-14,16-17,34,36,38-39,41-42,44,59,61H,1,7-9,15,18-33H2,2-5H3/t36-,38?,39-,41-,42-,44-,50-,51-/m0/s1. The number of benzene rings is 1. The number of unbranched alkanes of at least 4 members (excludes halogenated alkanes) is 2. The first kappa shape index (κ1) is 43.4. The maximum Gasteiger partial charge on any atom is 0.278 e. The minimum Gasteiger partial charge on any atom is -0.393 e. The summed E-state index contributed by atoms with van der Waals surface area (Å²) in [4.78, 5) is 32.7. The first-order valence-corrected chi connectivity index (χ1v) is 24.0. The van der Waals surface area contributed by atoms with Crippen LogP contribution in [0.5, 0.6) is 0 Å². The number of nitrogens with zero attached hydrogens (tertiary/aromatic N) is 7. The molecular formula is C51H71N7O4. The normalized spacial score (nSPS) is 30.3. The van der Waals surface area contributed by atoms with Crippen molar-refractivity contribution < 1.29 is 14.9 Å². The molecule has 9 rings (SSSR count). The summed E-state index contributed by atoms with van der Waals surface area (Å²) in [6.07, 6.45) is 19.1. The van der Waals surface area contributed by atoms with E-state index in [1.54, 1.807) is 41.6 Å². The molecule has 1 aromatic carbocycles. The molecule has 62 heavy (non-hydrogen) atoms. The first-order chi connectivity index (χ1) is 29.9. The largest absolute Gasteiger partial charge is 0.393 e. The van der Waals surface area contributed by atoms with Crippen LogP contribution in [0.15, 0.2) is 66.1 Å². The predicted octanol–water partition coefficient (Wildman–Crippen LogP) is 8.06. The number of hydrogen-bond donors (Lipinski definition) is 2. The first-order valence-electron chi connectivity index (χ1n) is 24.0. The fraction of sp³-hybridized carbons (Fsp3) is 0.647. The van der Waals surface area contributed by atoms with Gasteiger partial charge in [0.2, 0.25) is 0 Å². The van der Waals surface area contributed by atoms with E-state index in [0.717, 1.165) is 87.8 Å². The summed E-state index contributed by atoms with van der Waals surface area (Å²) in [6, 6.07) is 14.1. The summed E-state index contributed by atoms with van der Waals surface area (Å²) in [5.41, 5.74) is 2.76. The zero-order chi connectivity index (χ0) is 43.2. The van der Waals surface area contributed by atoms with E-state index in [2.05, 4.69) is 59.5 Å². The summed E-state index contributed by atoms with van der Waals surface area (Å²) in [5, 5.41) is 21.5. The van der Waals surface area contributed by atoms with Crippen LogP contribution in [-0.2, 0) is 23.3 Å². The summed E-state index contributed by atoms with van der Waals surface area (Å²) < 4.78 is 10.0. The van der Waals surface area contributed by atoms with Gasteiger partial charge >= 0.3 is 0 Å². The highest BCUT2D eigenvalue weighted by Crippen LogP contribution is 2.66. The van der Waals surface area contributed by atoms with Crippen molar-refractivity contribution in [3.63, 3.8) is 0 Å². The van der Waals surface area contributed by atoms with Crippen LogP contribution >= 0.6 is 0 Å². The average molecular weight is 846 g/mol. The number of anilines is 1. The number of ether oxygens (including phenoxy) is 1. The fourth-order valence-electron chi connectivity index (χ4n) is 13.1. The van der Waals surface area contributed by atoms with Crippen molar-refractivity contribution in [2.45, 2.75) is 136 Å². The van der Waals surface area contributed by atoms with Crippen molar-refractivity contribution in [2.24, 2.45) is 34.5 Å². The molecule has 2 N–H and O–H groups in total. The Morgan fingerprint density at radius 1 is 0.903 bits per heavy atom. The third-order valence-corrected chi connectivity index (χ3v) is 16.6. The minimum atomic E-state index is -1.14. The lowest BCUT2D eigenvalue weighted by molar-refractivity contribution is -0.141. The number of rotatable bonds is 14. The lowest BCUT2D eigenvalue weighted by Crippen LogP contribution is -2.54.